The molecule has 2 aliphatic heterocycles. The first-order valence-electron chi connectivity index (χ1n) is 11.1. The van der Waals surface area contributed by atoms with Crippen LogP contribution in [0.25, 0.3) is 0 Å². The number of aromatic nitrogens is 2. The Bertz CT molecular complexity index is 899. The first-order chi connectivity index (χ1) is 15.0. The van der Waals surface area contributed by atoms with Gasteiger partial charge in [-0.05, 0) is 31.4 Å². The van der Waals surface area contributed by atoms with Crippen LogP contribution in [0.3, 0.4) is 0 Å². The predicted octanol–water partition coefficient (Wildman–Crippen LogP) is 1.13. The number of hydrogen-bond acceptors (Lipinski definition) is 7. The maximum absolute atomic E-state index is 12.5. The minimum absolute atomic E-state index is 0.190. The lowest BCUT2D eigenvalue weighted by molar-refractivity contribution is 0.0838. The van der Waals surface area contributed by atoms with E-state index in [0.29, 0.717) is 30.1 Å². The molecule has 0 spiro atoms. The Morgan fingerprint density at radius 1 is 1.23 bits per heavy atom. The van der Waals surface area contributed by atoms with Crippen molar-refractivity contribution < 1.29 is 9.90 Å². The molecule has 1 saturated heterocycles. The summed E-state index contributed by atoms with van der Waals surface area (Å²) in [5.74, 6) is 0.354. The molecule has 2 aromatic rings. The van der Waals surface area contributed by atoms with Crippen LogP contribution >= 0.6 is 0 Å². The zero-order valence-electron chi connectivity index (χ0n) is 18.3. The third-order valence-corrected chi connectivity index (χ3v) is 6.07. The lowest BCUT2D eigenvalue weighted by atomic mass is 10.00. The van der Waals surface area contributed by atoms with Crippen LogP contribution in [0.5, 0.6) is 0 Å². The molecular formula is C23H32N6O2. The van der Waals surface area contributed by atoms with Gasteiger partial charge in [-0.15, -0.1) is 0 Å². The van der Waals surface area contributed by atoms with Gasteiger partial charge in [0.05, 0.1) is 12.1 Å². The van der Waals surface area contributed by atoms with Gasteiger partial charge in [0.2, 0.25) is 0 Å². The summed E-state index contributed by atoms with van der Waals surface area (Å²) in [6.07, 6.45) is 1.75. The molecule has 1 unspecified atom stereocenters. The number of aliphatic hydroxyl groups is 1. The summed E-state index contributed by atoms with van der Waals surface area (Å²) < 4.78 is 0. The molecule has 0 bridgehead atoms. The van der Waals surface area contributed by atoms with E-state index in [4.69, 9.17) is 0 Å². The molecule has 0 saturated carbocycles. The highest BCUT2D eigenvalue weighted by Crippen LogP contribution is 2.19. The highest BCUT2D eigenvalue weighted by Gasteiger charge is 2.28. The summed E-state index contributed by atoms with van der Waals surface area (Å²) in [5.41, 5.74) is 3.00. The quantitative estimate of drug-likeness (QED) is 0.585. The monoisotopic (exact) mass is 424 g/mol. The molecule has 8 nitrogen and oxygen atoms in total. The average Bonchev–Trinajstić information content (AvgIpc) is 2.74. The van der Waals surface area contributed by atoms with Crippen molar-refractivity contribution in [2.75, 3.05) is 38.0 Å². The predicted molar refractivity (Wildman–Crippen MR) is 120 cm³/mol. The molecule has 1 atom stereocenters. The summed E-state index contributed by atoms with van der Waals surface area (Å²) in [5, 5.41) is 16.6. The zero-order chi connectivity index (χ0) is 21.8. The van der Waals surface area contributed by atoms with Gasteiger partial charge in [-0.3, -0.25) is 14.6 Å². The van der Waals surface area contributed by atoms with Crippen LogP contribution < -0.4 is 10.6 Å². The summed E-state index contributed by atoms with van der Waals surface area (Å²) in [4.78, 5) is 25.4. The van der Waals surface area contributed by atoms with Crippen LogP contribution in [-0.4, -0.2) is 81.7 Å². The van der Waals surface area contributed by atoms with Crippen molar-refractivity contribution in [3.63, 3.8) is 0 Å². The molecule has 1 amide bonds. The van der Waals surface area contributed by atoms with Gasteiger partial charge in [0, 0.05) is 51.4 Å². The molecule has 0 aliphatic carbocycles. The maximum atomic E-state index is 12.5. The van der Waals surface area contributed by atoms with Crippen molar-refractivity contribution in [1.29, 1.82) is 0 Å². The number of anilines is 1. The second-order valence-corrected chi connectivity index (χ2v) is 8.80. The van der Waals surface area contributed by atoms with E-state index < -0.39 is 6.10 Å². The fourth-order valence-electron chi connectivity index (χ4n) is 4.17. The highest BCUT2D eigenvalue weighted by molar-refractivity contribution is 5.92. The Hall–Kier alpha value is -2.55. The molecule has 166 valence electrons. The van der Waals surface area contributed by atoms with Crippen molar-refractivity contribution in [1.82, 2.24) is 25.1 Å². The number of benzene rings is 1. The molecule has 3 N–H and O–H groups in total. The third-order valence-electron chi connectivity index (χ3n) is 6.07. The van der Waals surface area contributed by atoms with Gasteiger partial charge in [0.25, 0.3) is 5.91 Å². The highest BCUT2D eigenvalue weighted by atomic mass is 16.3. The van der Waals surface area contributed by atoms with Crippen LogP contribution in [0.2, 0.25) is 0 Å². The van der Waals surface area contributed by atoms with E-state index in [1.54, 1.807) is 6.07 Å². The Labute approximate surface area is 183 Å². The number of aliphatic hydroxyl groups excluding tert-OH is 1. The van der Waals surface area contributed by atoms with Crippen LogP contribution in [0.15, 0.2) is 36.7 Å². The number of hydrogen-bond donors (Lipinski definition) is 3. The average molecular weight is 425 g/mol. The molecule has 3 heterocycles. The SMILES string of the molecule is CC(C)N1CC(Nc2cc(C(=O)NCC(O)CN3CCc4ccccc4C3)ncn2)C1. The lowest BCUT2D eigenvalue weighted by Crippen LogP contribution is -2.57. The fraction of sp³-hybridized carbons (Fsp3) is 0.522. The van der Waals surface area contributed by atoms with Gasteiger partial charge in [0.15, 0.2) is 0 Å². The van der Waals surface area contributed by atoms with Crippen LogP contribution in [0.4, 0.5) is 5.82 Å². The van der Waals surface area contributed by atoms with E-state index in [0.717, 1.165) is 32.6 Å². The van der Waals surface area contributed by atoms with Crippen molar-refractivity contribution in [3.8, 4) is 0 Å². The number of rotatable bonds is 8. The third kappa shape index (κ3) is 5.58. The van der Waals surface area contributed by atoms with Gasteiger partial charge < -0.3 is 15.7 Å². The van der Waals surface area contributed by atoms with Gasteiger partial charge in [0.1, 0.15) is 17.8 Å². The largest absolute Gasteiger partial charge is 0.390 e. The number of carbonyl (C=O) groups excluding carboxylic acids is 1. The Kier molecular flexibility index (Phi) is 6.80. The summed E-state index contributed by atoms with van der Waals surface area (Å²) in [6, 6.07) is 11.0. The van der Waals surface area contributed by atoms with Crippen LogP contribution in [0, 0.1) is 0 Å². The maximum Gasteiger partial charge on any atom is 0.270 e. The topological polar surface area (TPSA) is 93.6 Å². The Balaban J connectivity index is 1.22. The van der Waals surface area contributed by atoms with Gasteiger partial charge >= 0.3 is 0 Å². The van der Waals surface area contributed by atoms with E-state index in [2.05, 4.69) is 68.5 Å². The first-order valence-corrected chi connectivity index (χ1v) is 11.1. The molecule has 0 radical (unpaired) electrons. The molecule has 4 rings (SSSR count). The second kappa shape index (κ2) is 9.72. The Morgan fingerprint density at radius 2 is 2.00 bits per heavy atom. The van der Waals surface area contributed by atoms with Gasteiger partial charge in [-0.25, -0.2) is 9.97 Å². The Morgan fingerprint density at radius 3 is 2.77 bits per heavy atom. The summed E-state index contributed by atoms with van der Waals surface area (Å²) in [6.45, 7) is 8.77. The number of likely N-dealkylation sites (tertiary alicyclic amines) is 1. The van der Waals surface area contributed by atoms with Crippen LogP contribution in [-0.2, 0) is 13.0 Å². The molecule has 1 aromatic heterocycles. The molecule has 1 aromatic carbocycles. The first kappa shape index (κ1) is 21.7. The molecule has 1 fully saturated rings. The van der Waals surface area contributed by atoms with E-state index in [1.807, 2.05) is 0 Å². The van der Waals surface area contributed by atoms with Gasteiger partial charge in [-0.1, -0.05) is 24.3 Å². The molecule has 2 aliphatic rings. The van der Waals surface area contributed by atoms with Gasteiger partial charge in [-0.2, -0.15) is 0 Å². The van der Waals surface area contributed by atoms with E-state index in [-0.39, 0.29) is 12.5 Å². The molecule has 31 heavy (non-hydrogen) atoms. The smallest absolute Gasteiger partial charge is 0.270 e. The number of fused-ring (bicyclic) bond motifs is 1. The van der Waals surface area contributed by atoms with Crippen molar-refractivity contribution in [2.24, 2.45) is 0 Å². The minimum Gasteiger partial charge on any atom is -0.390 e. The van der Waals surface area contributed by atoms with E-state index >= 15 is 0 Å². The number of nitrogens with one attached hydrogen (secondary N) is 2. The number of carbonyl (C=O) groups is 1. The fourth-order valence-corrected chi connectivity index (χ4v) is 4.17. The standard InChI is InChI=1S/C23H32N6O2/c1-16(2)29-12-19(13-29)27-22-9-21(25-15-26-22)23(31)24-10-20(30)14-28-8-7-17-5-3-4-6-18(17)11-28/h3-6,9,15-16,19-20,30H,7-8,10-14H2,1-2H3,(H,24,31)(H,25,26,27). The van der Waals surface area contributed by atoms with Crippen molar-refractivity contribution >= 4 is 11.7 Å². The van der Waals surface area contributed by atoms with Crippen molar-refractivity contribution in [3.05, 3.63) is 53.5 Å². The zero-order valence-corrected chi connectivity index (χ0v) is 18.3. The van der Waals surface area contributed by atoms with Crippen LogP contribution in [0.1, 0.15) is 35.5 Å². The molecular weight excluding hydrogens is 392 g/mol. The number of nitrogens with zero attached hydrogens (tertiary/aromatic N) is 4. The minimum atomic E-state index is -0.634. The van der Waals surface area contributed by atoms with Crippen molar-refractivity contribution in [2.45, 2.75) is 45.0 Å². The number of β-amino-alcohol motifs (C(OH)–C–C–N with tert-alkyl or cyclic N) is 1. The lowest BCUT2D eigenvalue weighted by Gasteiger charge is -2.42. The van der Waals surface area contributed by atoms with E-state index in [9.17, 15) is 9.90 Å². The number of amides is 1. The van der Waals surface area contributed by atoms with E-state index in [1.165, 1.54) is 17.5 Å². The second-order valence-electron chi connectivity index (χ2n) is 8.80. The summed E-state index contributed by atoms with van der Waals surface area (Å²) in [7, 11) is 0. The molecule has 8 heteroatoms. The normalized spacial score (nSPS) is 18.3. The summed E-state index contributed by atoms with van der Waals surface area (Å²) >= 11 is 0.